The van der Waals surface area contributed by atoms with Crippen molar-refractivity contribution in [2.45, 2.75) is 38.2 Å². The molecule has 4 rings (SSSR count). The van der Waals surface area contributed by atoms with Crippen LogP contribution in [0.2, 0.25) is 0 Å². The standard InChI is InChI=1S/C25H24N2O5/c28-24(29)17-9-11-20(12-10-17)27-26-16-22-13-14-23(31-22)18-5-4-6-19(15-18)25(30)32-21-7-2-1-3-8-21/h4-6,9-16,21,27H,1-3,7-8H2,(H,28,29)/b26-16+. The van der Waals surface area contributed by atoms with Crippen LogP contribution in [0.4, 0.5) is 5.69 Å². The molecular weight excluding hydrogens is 408 g/mol. The molecule has 0 radical (unpaired) electrons. The quantitative estimate of drug-likeness (QED) is 0.287. The molecule has 7 nitrogen and oxygen atoms in total. The number of benzene rings is 2. The highest BCUT2D eigenvalue weighted by Gasteiger charge is 2.19. The maximum absolute atomic E-state index is 12.5. The first kappa shape index (κ1) is 21.4. The largest absolute Gasteiger partial charge is 0.478 e. The molecular formula is C25H24N2O5. The van der Waals surface area contributed by atoms with Crippen LogP contribution in [-0.4, -0.2) is 29.4 Å². The van der Waals surface area contributed by atoms with E-state index in [1.807, 2.05) is 18.2 Å². The number of rotatable bonds is 7. The number of esters is 1. The van der Waals surface area contributed by atoms with E-state index < -0.39 is 5.97 Å². The smallest absolute Gasteiger partial charge is 0.338 e. The van der Waals surface area contributed by atoms with E-state index in [1.165, 1.54) is 24.8 Å². The molecule has 1 aliphatic rings. The Balaban J connectivity index is 1.38. The van der Waals surface area contributed by atoms with E-state index in [9.17, 15) is 9.59 Å². The number of carboxylic acids is 1. The molecule has 32 heavy (non-hydrogen) atoms. The Hall–Kier alpha value is -3.87. The number of nitrogens with one attached hydrogen (secondary N) is 1. The number of anilines is 1. The molecule has 2 N–H and O–H groups in total. The third kappa shape index (κ3) is 5.43. The lowest BCUT2D eigenvalue weighted by Crippen LogP contribution is -2.20. The molecule has 0 saturated heterocycles. The lowest BCUT2D eigenvalue weighted by molar-refractivity contribution is 0.0211. The van der Waals surface area contributed by atoms with E-state index in [0.717, 1.165) is 31.2 Å². The van der Waals surface area contributed by atoms with Crippen LogP contribution >= 0.6 is 0 Å². The van der Waals surface area contributed by atoms with Gasteiger partial charge in [0.15, 0.2) is 0 Å². The Labute approximate surface area is 185 Å². The second-order valence-electron chi connectivity index (χ2n) is 7.70. The summed E-state index contributed by atoms with van der Waals surface area (Å²) in [6, 6.07) is 17.1. The van der Waals surface area contributed by atoms with E-state index in [-0.39, 0.29) is 17.6 Å². The van der Waals surface area contributed by atoms with Gasteiger partial charge in [-0.05, 0) is 74.2 Å². The topological polar surface area (TPSA) is 101 Å². The molecule has 1 saturated carbocycles. The van der Waals surface area contributed by atoms with Gasteiger partial charge in [-0.25, -0.2) is 9.59 Å². The van der Waals surface area contributed by atoms with Crippen molar-refractivity contribution in [1.82, 2.24) is 0 Å². The molecule has 1 heterocycles. The fraction of sp³-hybridized carbons (Fsp3) is 0.240. The summed E-state index contributed by atoms with van der Waals surface area (Å²) in [7, 11) is 0. The Kier molecular flexibility index (Phi) is 6.65. The summed E-state index contributed by atoms with van der Waals surface area (Å²) in [6.07, 6.45) is 6.83. The highest BCUT2D eigenvalue weighted by atomic mass is 16.5. The average molecular weight is 432 g/mol. The first-order valence-electron chi connectivity index (χ1n) is 10.6. The molecule has 0 unspecified atom stereocenters. The second-order valence-corrected chi connectivity index (χ2v) is 7.70. The summed E-state index contributed by atoms with van der Waals surface area (Å²) in [5.74, 6) is -0.130. The first-order chi connectivity index (χ1) is 15.6. The summed E-state index contributed by atoms with van der Waals surface area (Å²) in [6.45, 7) is 0. The third-order valence-corrected chi connectivity index (χ3v) is 5.35. The van der Waals surface area contributed by atoms with Crippen LogP contribution in [0.3, 0.4) is 0 Å². The van der Waals surface area contributed by atoms with Gasteiger partial charge in [0.1, 0.15) is 17.6 Å². The fourth-order valence-electron chi connectivity index (χ4n) is 3.64. The van der Waals surface area contributed by atoms with E-state index in [1.54, 1.807) is 30.3 Å². The number of ether oxygens (including phenoxy) is 1. The van der Waals surface area contributed by atoms with Gasteiger partial charge in [-0.1, -0.05) is 18.6 Å². The zero-order chi connectivity index (χ0) is 22.3. The minimum Gasteiger partial charge on any atom is -0.478 e. The molecule has 1 aliphatic carbocycles. The lowest BCUT2D eigenvalue weighted by atomic mass is 9.98. The number of hydrogen-bond donors (Lipinski definition) is 2. The molecule has 2 aromatic carbocycles. The van der Waals surface area contributed by atoms with Crippen LogP contribution in [0.15, 0.2) is 70.2 Å². The summed E-state index contributed by atoms with van der Waals surface area (Å²) < 4.78 is 11.5. The summed E-state index contributed by atoms with van der Waals surface area (Å²) >= 11 is 0. The summed E-state index contributed by atoms with van der Waals surface area (Å²) in [5, 5.41) is 13.0. The van der Waals surface area contributed by atoms with Gasteiger partial charge in [-0.15, -0.1) is 0 Å². The van der Waals surface area contributed by atoms with Crippen LogP contribution in [0.5, 0.6) is 0 Å². The molecule has 0 aliphatic heterocycles. The number of furan rings is 1. The Morgan fingerprint density at radius 1 is 1.00 bits per heavy atom. The molecule has 3 aromatic rings. The average Bonchev–Trinajstić information content (AvgIpc) is 3.29. The normalized spacial score (nSPS) is 14.4. The SMILES string of the molecule is O=C(O)c1ccc(N/N=C/c2ccc(-c3cccc(C(=O)OC4CCCCC4)c3)o2)cc1. The van der Waals surface area contributed by atoms with Crippen molar-refractivity contribution >= 4 is 23.8 Å². The molecule has 0 spiro atoms. The van der Waals surface area contributed by atoms with Gasteiger partial charge in [0.2, 0.25) is 0 Å². The highest BCUT2D eigenvalue weighted by molar-refractivity contribution is 5.91. The van der Waals surface area contributed by atoms with Crippen LogP contribution in [0.25, 0.3) is 11.3 Å². The number of carbonyl (C=O) groups excluding carboxylic acids is 1. The van der Waals surface area contributed by atoms with Crippen LogP contribution in [0, 0.1) is 0 Å². The minimum atomic E-state index is -0.977. The number of nitrogens with zero attached hydrogens (tertiary/aromatic N) is 1. The van der Waals surface area contributed by atoms with Gasteiger partial charge in [0.05, 0.1) is 23.0 Å². The van der Waals surface area contributed by atoms with E-state index >= 15 is 0 Å². The monoisotopic (exact) mass is 432 g/mol. The number of hydrazone groups is 1. The highest BCUT2D eigenvalue weighted by Crippen LogP contribution is 2.25. The van der Waals surface area contributed by atoms with Gasteiger partial charge in [-0.3, -0.25) is 5.43 Å². The molecule has 1 fully saturated rings. The predicted octanol–water partition coefficient (Wildman–Crippen LogP) is 5.58. The van der Waals surface area contributed by atoms with Crippen molar-refractivity contribution in [3.8, 4) is 11.3 Å². The van der Waals surface area contributed by atoms with Crippen molar-refractivity contribution in [2.75, 3.05) is 5.43 Å². The zero-order valence-electron chi connectivity index (χ0n) is 17.5. The lowest BCUT2D eigenvalue weighted by Gasteiger charge is -2.21. The molecule has 0 bridgehead atoms. The first-order valence-corrected chi connectivity index (χ1v) is 10.6. The molecule has 7 heteroatoms. The van der Waals surface area contributed by atoms with Crippen molar-refractivity contribution < 1.29 is 23.8 Å². The van der Waals surface area contributed by atoms with Crippen molar-refractivity contribution in [2.24, 2.45) is 5.10 Å². The Morgan fingerprint density at radius 2 is 1.78 bits per heavy atom. The van der Waals surface area contributed by atoms with Gasteiger partial charge in [0, 0.05) is 5.56 Å². The van der Waals surface area contributed by atoms with Gasteiger partial charge < -0.3 is 14.3 Å². The van der Waals surface area contributed by atoms with Gasteiger partial charge in [-0.2, -0.15) is 5.10 Å². The molecule has 1 aromatic heterocycles. The van der Waals surface area contributed by atoms with E-state index in [2.05, 4.69) is 10.5 Å². The summed E-state index contributed by atoms with van der Waals surface area (Å²) in [4.78, 5) is 23.4. The van der Waals surface area contributed by atoms with Crippen molar-refractivity contribution in [3.63, 3.8) is 0 Å². The Bertz CT molecular complexity index is 1110. The number of carbonyl (C=O) groups is 2. The fourth-order valence-corrected chi connectivity index (χ4v) is 3.64. The second kappa shape index (κ2) is 9.96. The van der Waals surface area contributed by atoms with Crippen molar-refractivity contribution in [3.05, 3.63) is 77.6 Å². The summed E-state index contributed by atoms with van der Waals surface area (Å²) in [5.41, 5.74) is 4.97. The molecule has 164 valence electrons. The molecule has 0 amide bonds. The van der Waals surface area contributed by atoms with Gasteiger partial charge in [0.25, 0.3) is 0 Å². The van der Waals surface area contributed by atoms with Crippen LogP contribution < -0.4 is 5.43 Å². The van der Waals surface area contributed by atoms with Crippen LogP contribution in [-0.2, 0) is 4.74 Å². The Morgan fingerprint density at radius 3 is 2.53 bits per heavy atom. The number of aromatic carboxylic acids is 1. The number of carboxylic acid groups (broad SMARTS) is 1. The van der Waals surface area contributed by atoms with Crippen LogP contribution in [0.1, 0.15) is 58.6 Å². The maximum Gasteiger partial charge on any atom is 0.338 e. The van der Waals surface area contributed by atoms with Crippen molar-refractivity contribution in [1.29, 1.82) is 0 Å². The predicted molar refractivity (Wildman–Crippen MR) is 121 cm³/mol. The zero-order valence-corrected chi connectivity index (χ0v) is 17.5. The minimum absolute atomic E-state index is 0.0131. The van der Waals surface area contributed by atoms with E-state index in [4.69, 9.17) is 14.3 Å². The maximum atomic E-state index is 12.5. The molecule has 0 atom stereocenters. The number of hydrogen-bond acceptors (Lipinski definition) is 6. The third-order valence-electron chi connectivity index (χ3n) is 5.35. The van der Waals surface area contributed by atoms with E-state index in [0.29, 0.717) is 22.8 Å². The van der Waals surface area contributed by atoms with Gasteiger partial charge >= 0.3 is 11.9 Å².